The Morgan fingerprint density at radius 1 is 0.483 bits per heavy atom. The number of pyridine rings is 3. The van der Waals surface area contributed by atoms with E-state index in [-0.39, 0.29) is 70.6 Å². The average Bonchev–Trinajstić information content (AvgIpc) is 3.23. The molecule has 0 spiro atoms. The van der Waals surface area contributed by atoms with E-state index in [9.17, 15) is 40.7 Å². The summed E-state index contributed by atoms with van der Waals surface area (Å²) in [7, 11) is 0. The summed E-state index contributed by atoms with van der Waals surface area (Å²) in [6.07, 6.45) is -2.18. The number of nitrogens with zero attached hydrogens (tertiary/aromatic N) is 3. The van der Waals surface area contributed by atoms with Crippen LogP contribution in [0.3, 0.4) is 0 Å². The monoisotopic (exact) mass is 821 g/mol. The van der Waals surface area contributed by atoms with Crippen molar-refractivity contribution >= 4 is 54.9 Å². The van der Waals surface area contributed by atoms with E-state index in [1.54, 1.807) is 48.5 Å². The van der Waals surface area contributed by atoms with Crippen LogP contribution in [-0.4, -0.2) is 34.4 Å². The lowest BCUT2D eigenvalue weighted by Gasteiger charge is -2.12. The van der Waals surface area contributed by atoms with Gasteiger partial charge >= 0.3 is 12.4 Å². The van der Waals surface area contributed by atoms with E-state index in [0.717, 1.165) is 29.8 Å². The topological polar surface area (TPSA) is 118 Å². The molecule has 60 heavy (non-hydrogen) atoms. The van der Waals surface area contributed by atoms with Gasteiger partial charge < -0.3 is 14.2 Å². The Kier molecular flexibility index (Phi) is 12.8. The largest absolute Gasteiger partial charge is 0.428 e. The van der Waals surface area contributed by atoms with Gasteiger partial charge in [0.05, 0.1) is 33.9 Å². The number of carbonyl (C=O) groups excluding carboxylic acids is 3. The fraction of sp³-hybridized carbons (Fsp3) is 0.0667. The summed E-state index contributed by atoms with van der Waals surface area (Å²) in [5.74, 6) is -0.173. The SMILES string of the molecule is Cc1cccc(/C(=C\c2cc(-c3cc(/C=C(/OC=O)c4cccc(C(F)(F)F)c4)ccn3)nc(-c3cc(/C=C(/OC=O)c4cccc(C(F)(F)F)c4)ccn3)c2)OC=O)c1. The highest BCUT2D eigenvalue weighted by Gasteiger charge is 2.31. The normalized spacial score (nSPS) is 12.4. The highest BCUT2D eigenvalue weighted by atomic mass is 19.4. The Labute approximate surface area is 338 Å². The predicted molar refractivity (Wildman–Crippen MR) is 210 cm³/mol. The fourth-order valence-corrected chi connectivity index (χ4v) is 5.91. The zero-order chi connectivity index (χ0) is 42.9. The van der Waals surface area contributed by atoms with Gasteiger partial charge in [0.15, 0.2) is 0 Å². The molecule has 0 amide bonds. The lowest BCUT2D eigenvalue weighted by atomic mass is 10.0. The number of carbonyl (C=O) groups is 3. The van der Waals surface area contributed by atoms with Gasteiger partial charge in [0.25, 0.3) is 19.4 Å². The molecular weight excluding hydrogens is 792 g/mol. The van der Waals surface area contributed by atoms with Crippen molar-refractivity contribution in [2.75, 3.05) is 0 Å². The summed E-state index contributed by atoms with van der Waals surface area (Å²) in [6.45, 7) is 2.32. The molecule has 0 saturated heterocycles. The van der Waals surface area contributed by atoms with E-state index in [4.69, 9.17) is 19.2 Å². The minimum Gasteiger partial charge on any atom is -0.428 e. The summed E-state index contributed by atoms with van der Waals surface area (Å²) >= 11 is 0. The number of halogens is 6. The van der Waals surface area contributed by atoms with Crippen LogP contribution in [-0.2, 0) is 40.9 Å². The van der Waals surface area contributed by atoms with Gasteiger partial charge in [-0.2, -0.15) is 26.3 Å². The second-order valence-electron chi connectivity index (χ2n) is 12.8. The van der Waals surface area contributed by atoms with Crippen molar-refractivity contribution in [1.82, 2.24) is 15.0 Å². The summed E-state index contributed by atoms with van der Waals surface area (Å²) in [5, 5.41) is 0. The van der Waals surface area contributed by atoms with E-state index in [0.29, 0.717) is 22.3 Å². The third kappa shape index (κ3) is 10.6. The molecule has 0 fully saturated rings. The van der Waals surface area contributed by atoms with Crippen molar-refractivity contribution in [2.45, 2.75) is 19.3 Å². The van der Waals surface area contributed by atoms with E-state index in [2.05, 4.69) is 9.97 Å². The molecule has 0 aliphatic heterocycles. The van der Waals surface area contributed by atoms with Crippen LogP contribution in [0.4, 0.5) is 26.3 Å². The third-order valence-electron chi connectivity index (χ3n) is 8.61. The summed E-state index contributed by atoms with van der Waals surface area (Å²) < 4.78 is 96.6. The molecule has 3 aromatic heterocycles. The maximum atomic E-state index is 13.5. The predicted octanol–water partition coefficient (Wildman–Crippen LogP) is 10.6. The van der Waals surface area contributed by atoms with Gasteiger partial charge in [-0.3, -0.25) is 24.4 Å². The lowest BCUT2D eigenvalue weighted by Crippen LogP contribution is -2.05. The maximum Gasteiger partial charge on any atom is 0.416 e. The van der Waals surface area contributed by atoms with Crippen LogP contribution in [0.25, 0.3) is 58.3 Å². The van der Waals surface area contributed by atoms with Crippen molar-refractivity contribution in [1.29, 1.82) is 0 Å². The van der Waals surface area contributed by atoms with Crippen molar-refractivity contribution in [3.8, 4) is 22.8 Å². The zero-order valence-electron chi connectivity index (χ0n) is 31.1. The molecule has 0 N–H and O–H groups in total. The van der Waals surface area contributed by atoms with Gasteiger partial charge in [-0.25, -0.2) is 4.98 Å². The van der Waals surface area contributed by atoms with Crippen molar-refractivity contribution in [2.24, 2.45) is 0 Å². The maximum absolute atomic E-state index is 13.5. The van der Waals surface area contributed by atoms with Crippen LogP contribution < -0.4 is 0 Å². The second kappa shape index (κ2) is 18.3. The smallest absolute Gasteiger partial charge is 0.416 e. The zero-order valence-corrected chi connectivity index (χ0v) is 31.1. The van der Waals surface area contributed by atoms with Gasteiger partial charge in [0.2, 0.25) is 0 Å². The number of benzene rings is 3. The van der Waals surface area contributed by atoms with Crippen molar-refractivity contribution < 1.29 is 54.9 Å². The quantitative estimate of drug-likeness (QED) is 0.0458. The van der Waals surface area contributed by atoms with Gasteiger partial charge in [0.1, 0.15) is 17.3 Å². The molecule has 3 aromatic carbocycles. The standard InChI is InChI=1S/C45H29F6N3O6/c1-28-5-2-6-32(15-28)43(60-27-57)22-31-18-39(37-16-29(11-13-52-37)20-41(58-25-55)33-7-3-9-35(23-33)44(46,47)48)54-40(19-31)38-17-30(12-14-53-38)21-42(59-26-56)34-8-4-10-36(24-34)45(49,50)51/h2-27H,1H3/b41-20+,42-21+,43-22+. The van der Waals surface area contributed by atoms with Crippen LogP contribution >= 0.6 is 0 Å². The van der Waals surface area contributed by atoms with Crippen LogP contribution in [0.2, 0.25) is 0 Å². The molecule has 0 saturated carbocycles. The number of rotatable bonds is 14. The number of hydrogen-bond acceptors (Lipinski definition) is 9. The Morgan fingerprint density at radius 2 is 0.867 bits per heavy atom. The molecule has 3 heterocycles. The Morgan fingerprint density at radius 3 is 1.27 bits per heavy atom. The summed E-state index contributed by atoms with van der Waals surface area (Å²) in [5.41, 5.74) is 1.72. The second-order valence-corrected chi connectivity index (χ2v) is 12.8. The first-order chi connectivity index (χ1) is 28.7. The van der Waals surface area contributed by atoms with Gasteiger partial charge in [0, 0.05) is 29.1 Å². The van der Waals surface area contributed by atoms with E-state index < -0.39 is 23.5 Å². The number of aromatic nitrogens is 3. The molecule has 0 unspecified atom stereocenters. The number of alkyl halides is 6. The Balaban J connectivity index is 1.48. The fourth-order valence-electron chi connectivity index (χ4n) is 5.91. The van der Waals surface area contributed by atoms with E-state index in [1.165, 1.54) is 60.9 Å². The van der Waals surface area contributed by atoms with Gasteiger partial charge in [-0.15, -0.1) is 0 Å². The lowest BCUT2D eigenvalue weighted by molar-refractivity contribution is -0.138. The van der Waals surface area contributed by atoms with Gasteiger partial charge in [-0.05, 0) is 109 Å². The molecule has 15 heteroatoms. The first-order valence-electron chi connectivity index (χ1n) is 17.6. The minimum atomic E-state index is -4.65. The molecule has 0 atom stereocenters. The van der Waals surface area contributed by atoms with Crippen LogP contribution in [0.15, 0.2) is 122 Å². The van der Waals surface area contributed by atoms with Crippen LogP contribution in [0.1, 0.15) is 50.1 Å². The average molecular weight is 822 g/mol. The van der Waals surface area contributed by atoms with Crippen molar-refractivity contribution in [3.63, 3.8) is 0 Å². The molecule has 6 rings (SSSR count). The van der Waals surface area contributed by atoms with Crippen molar-refractivity contribution in [3.05, 3.63) is 172 Å². The molecule has 302 valence electrons. The minimum absolute atomic E-state index is 0.0172. The highest BCUT2D eigenvalue weighted by molar-refractivity contribution is 5.85. The molecule has 0 bridgehead atoms. The summed E-state index contributed by atoms with van der Waals surface area (Å²) in [6, 6.07) is 25.2. The molecule has 0 radical (unpaired) electrons. The number of ether oxygens (including phenoxy) is 3. The Bertz CT molecular complexity index is 2510. The van der Waals surface area contributed by atoms with Gasteiger partial charge in [-0.1, -0.05) is 48.0 Å². The molecule has 6 aromatic rings. The molecule has 0 aliphatic rings. The van der Waals surface area contributed by atoms with E-state index >= 15 is 0 Å². The summed E-state index contributed by atoms with van der Waals surface area (Å²) in [4.78, 5) is 48.2. The molecular formula is C45H29F6N3O6. The molecule has 9 nitrogen and oxygen atoms in total. The number of hydrogen-bond donors (Lipinski definition) is 0. The Hall–Kier alpha value is -7.68. The van der Waals surface area contributed by atoms with Crippen LogP contribution in [0.5, 0.6) is 0 Å². The van der Waals surface area contributed by atoms with E-state index in [1.807, 2.05) is 13.0 Å². The highest BCUT2D eigenvalue weighted by Crippen LogP contribution is 2.34. The number of aryl methyl sites for hydroxylation is 1. The third-order valence-corrected chi connectivity index (χ3v) is 8.61. The first kappa shape index (κ1) is 41.9. The first-order valence-corrected chi connectivity index (χ1v) is 17.6. The van der Waals surface area contributed by atoms with Crippen LogP contribution in [0, 0.1) is 6.92 Å². The molecule has 0 aliphatic carbocycles.